The van der Waals surface area contributed by atoms with Gasteiger partial charge in [-0.25, -0.2) is 9.67 Å². The van der Waals surface area contributed by atoms with Gasteiger partial charge in [0.05, 0.1) is 23.3 Å². The van der Waals surface area contributed by atoms with Gasteiger partial charge in [0.1, 0.15) is 12.7 Å². The van der Waals surface area contributed by atoms with Crippen LogP contribution >= 0.6 is 0 Å². The molecule has 7 nitrogen and oxygen atoms in total. The van der Waals surface area contributed by atoms with Gasteiger partial charge in [0, 0.05) is 25.5 Å². The number of alkyl halides is 3. The fourth-order valence-corrected chi connectivity index (χ4v) is 4.14. The van der Waals surface area contributed by atoms with Crippen molar-refractivity contribution in [3.63, 3.8) is 0 Å². The first-order valence-corrected chi connectivity index (χ1v) is 8.66. The van der Waals surface area contributed by atoms with Gasteiger partial charge in [-0.15, -0.1) is 0 Å². The lowest BCUT2D eigenvalue weighted by Gasteiger charge is -2.34. The van der Waals surface area contributed by atoms with E-state index in [1.165, 1.54) is 6.33 Å². The van der Waals surface area contributed by atoms with Crippen LogP contribution in [-0.4, -0.2) is 54.9 Å². The van der Waals surface area contributed by atoms with Crippen LogP contribution in [0.5, 0.6) is 0 Å². The Morgan fingerprint density at radius 3 is 2.56 bits per heavy atom. The molecular weight excluding hydrogens is 363 g/mol. The Hall–Kier alpha value is -2.49. The van der Waals surface area contributed by atoms with E-state index in [0.29, 0.717) is 32.1 Å². The van der Waals surface area contributed by atoms with Crippen LogP contribution in [0.2, 0.25) is 0 Å². The van der Waals surface area contributed by atoms with Gasteiger partial charge < -0.3 is 10.0 Å². The van der Waals surface area contributed by atoms with Crippen LogP contribution < -0.4 is 0 Å². The number of halogens is 3. The standard InChI is InChI=1S/C17H18F3N5O2/c18-17(19,20)13-1-10(4-21-5-13)16(27)24-6-11-2-14(25-9-22-8-23-25)15(26)3-12(11)7-24/h1,4-5,8-9,11-12,14-15,26H,2-3,6-7H2/t11-,12+,14-,15-/m1/s1. The SMILES string of the molecule is O=C(c1cncc(C(F)(F)F)c1)N1C[C@H]2C[C@@H](n3cncn3)[C@H](O)C[C@H]2C1. The molecule has 1 N–H and O–H groups in total. The van der Waals surface area contributed by atoms with Crippen LogP contribution in [0.15, 0.2) is 31.1 Å². The summed E-state index contributed by atoms with van der Waals surface area (Å²) in [5, 5.41) is 14.5. The normalized spacial score (nSPS) is 28.2. The van der Waals surface area contributed by atoms with E-state index in [1.54, 1.807) is 15.9 Å². The zero-order valence-electron chi connectivity index (χ0n) is 14.3. The quantitative estimate of drug-likeness (QED) is 0.857. The van der Waals surface area contributed by atoms with Crippen LogP contribution in [0, 0.1) is 11.8 Å². The molecule has 2 fully saturated rings. The largest absolute Gasteiger partial charge is 0.417 e. The fraction of sp³-hybridized carbons (Fsp3) is 0.529. The van der Waals surface area contributed by atoms with Crippen molar-refractivity contribution in [3.05, 3.63) is 42.2 Å². The molecule has 0 aromatic carbocycles. The summed E-state index contributed by atoms with van der Waals surface area (Å²) in [6.45, 7) is 0.860. The van der Waals surface area contributed by atoms with E-state index in [4.69, 9.17) is 0 Å². The number of amides is 1. The summed E-state index contributed by atoms with van der Waals surface area (Å²) in [5.74, 6) is -0.192. The highest BCUT2D eigenvalue weighted by Crippen LogP contribution is 2.41. The number of fused-ring (bicyclic) bond motifs is 1. The number of rotatable bonds is 2. The summed E-state index contributed by atoms with van der Waals surface area (Å²) in [7, 11) is 0. The van der Waals surface area contributed by atoms with Crippen LogP contribution in [0.1, 0.15) is 34.8 Å². The summed E-state index contributed by atoms with van der Waals surface area (Å²) in [5.41, 5.74) is -1.01. The molecule has 0 spiro atoms. The molecule has 27 heavy (non-hydrogen) atoms. The monoisotopic (exact) mass is 381 g/mol. The number of pyridine rings is 1. The first-order chi connectivity index (χ1) is 12.8. The maximum absolute atomic E-state index is 12.9. The summed E-state index contributed by atoms with van der Waals surface area (Å²) in [4.78, 5) is 21.7. The second-order valence-corrected chi connectivity index (χ2v) is 7.17. The lowest BCUT2D eigenvalue weighted by atomic mass is 9.77. The topological polar surface area (TPSA) is 84.1 Å². The molecular formula is C17H18F3N5O2. The molecule has 1 aliphatic heterocycles. The molecule has 1 aliphatic carbocycles. The minimum absolute atomic E-state index is 0.0724. The maximum Gasteiger partial charge on any atom is 0.417 e. The second kappa shape index (κ2) is 6.59. The van der Waals surface area contributed by atoms with Crippen LogP contribution in [0.3, 0.4) is 0 Å². The molecule has 10 heteroatoms. The number of hydrogen-bond donors (Lipinski definition) is 1. The number of carbonyl (C=O) groups excluding carboxylic acids is 1. The molecule has 0 unspecified atom stereocenters. The Labute approximate surface area is 152 Å². The van der Waals surface area contributed by atoms with Crippen LogP contribution in [0.4, 0.5) is 13.2 Å². The molecule has 4 rings (SSSR count). The van der Waals surface area contributed by atoms with Gasteiger partial charge in [0.15, 0.2) is 0 Å². The minimum atomic E-state index is -4.54. The molecule has 1 saturated heterocycles. The van der Waals surface area contributed by atoms with Crippen LogP contribution in [0.25, 0.3) is 0 Å². The third kappa shape index (κ3) is 3.41. The number of aliphatic hydroxyl groups is 1. The van der Waals surface area contributed by atoms with E-state index in [-0.39, 0.29) is 23.4 Å². The predicted octanol–water partition coefficient (Wildman–Crippen LogP) is 1.78. The number of aromatic nitrogens is 4. The Morgan fingerprint density at radius 2 is 1.89 bits per heavy atom. The molecule has 144 valence electrons. The maximum atomic E-state index is 12.9. The van der Waals surface area contributed by atoms with Gasteiger partial charge in [-0.2, -0.15) is 18.3 Å². The van der Waals surface area contributed by atoms with Crippen LogP contribution in [-0.2, 0) is 6.18 Å². The summed E-state index contributed by atoms with van der Waals surface area (Å²) in [6, 6.07) is 0.628. The van der Waals surface area contributed by atoms with Crippen molar-refractivity contribution in [3.8, 4) is 0 Å². The number of likely N-dealkylation sites (tertiary alicyclic amines) is 1. The van der Waals surface area contributed by atoms with Gasteiger partial charge in [-0.3, -0.25) is 9.78 Å². The van der Waals surface area contributed by atoms with Crippen molar-refractivity contribution in [2.24, 2.45) is 11.8 Å². The number of nitrogens with zero attached hydrogens (tertiary/aromatic N) is 5. The Morgan fingerprint density at radius 1 is 1.15 bits per heavy atom. The van der Waals surface area contributed by atoms with E-state index in [9.17, 15) is 23.1 Å². The summed E-state index contributed by atoms with van der Waals surface area (Å²) < 4.78 is 40.2. The van der Waals surface area contributed by atoms with Gasteiger partial charge in [-0.05, 0) is 30.7 Å². The molecule has 2 aliphatic rings. The second-order valence-electron chi connectivity index (χ2n) is 7.17. The molecule has 0 radical (unpaired) electrons. The number of hydrogen-bond acceptors (Lipinski definition) is 5. The van der Waals surface area contributed by atoms with Crippen molar-refractivity contribution in [2.45, 2.75) is 31.2 Å². The zero-order valence-corrected chi connectivity index (χ0v) is 14.3. The molecule has 0 bridgehead atoms. The molecule has 3 heterocycles. The number of aliphatic hydroxyl groups excluding tert-OH is 1. The van der Waals surface area contributed by atoms with E-state index in [2.05, 4.69) is 15.1 Å². The Balaban J connectivity index is 1.49. The zero-order chi connectivity index (χ0) is 19.2. The van der Waals surface area contributed by atoms with E-state index < -0.39 is 23.8 Å². The molecule has 2 aromatic heterocycles. The van der Waals surface area contributed by atoms with E-state index in [0.717, 1.165) is 12.3 Å². The minimum Gasteiger partial charge on any atom is -0.391 e. The lowest BCUT2D eigenvalue weighted by Crippen LogP contribution is -2.36. The smallest absolute Gasteiger partial charge is 0.391 e. The Bertz CT molecular complexity index is 826. The first-order valence-electron chi connectivity index (χ1n) is 8.66. The van der Waals surface area contributed by atoms with Gasteiger partial charge in [0.25, 0.3) is 5.91 Å². The summed E-state index contributed by atoms with van der Waals surface area (Å²) >= 11 is 0. The van der Waals surface area contributed by atoms with Crippen molar-refractivity contribution in [1.82, 2.24) is 24.6 Å². The highest BCUT2D eigenvalue weighted by molar-refractivity contribution is 5.94. The van der Waals surface area contributed by atoms with Gasteiger partial charge in [0.2, 0.25) is 0 Å². The number of carbonyl (C=O) groups is 1. The molecule has 4 atom stereocenters. The highest BCUT2D eigenvalue weighted by atomic mass is 19.4. The first kappa shape index (κ1) is 17.9. The third-order valence-electron chi connectivity index (χ3n) is 5.49. The lowest BCUT2D eigenvalue weighted by molar-refractivity contribution is -0.137. The van der Waals surface area contributed by atoms with E-state index in [1.807, 2.05) is 0 Å². The molecule has 1 saturated carbocycles. The van der Waals surface area contributed by atoms with Crippen molar-refractivity contribution >= 4 is 5.91 Å². The van der Waals surface area contributed by atoms with Crippen molar-refractivity contribution < 1.29 is 23.1 Å². The van der Waals surface area contributed by atoms with Gasteiger partial charge in [-0.1, -0.05) is 0 Å². The predicted molar refractivity (Wildman–Crippen MR) is 86.4 cm³/mol. The summed E-state index contributed by atoms with van der Waals surface area (Å²) in [6.07, 6.45) is 0.839. The molecule has 2 aromatic rings. The average Bonchev–Trinajstić information content (AvgIpc) is 3.29. The van der Waals surface area contributed by atoms with Gasteiger partial charge >= 0.3 is 6.18 Å². The molecule has 1 amide bonds. The Kier molecular flexibility index (Phi) is 4.37. The van der Waals surface area contributed by atoms with E-state index >= 15 is 0 Å². The van der Waals surface area contributed by atoms with Crippen molar-refractivity contribution in [2.75, 3.05) is 13.1 Å². The van der Waals surface area contributed by atoms with Crippen molar-refractivity contribution in [1.29, 1.82) is 0 Å². The fourth-order valence-electron chi connectivity index (χ4n) is 4.14. The highest BCUT2D eigenvalue weighted by Gasteiger charge is 2.44. The average molecular weight is 381 g/mol. The third-order valence-corrected chi connectivity index (χ3v) is 5.49.